The molecule has 0 saturated heterocycles. The van der Waals surface area contributed by atoms with Gasteiger partial charge in [0, 0.05) is 13.6 Å². The van der Waals surface area contributed by atoms with Crippen molar-refractivity contribution >= 4 is 6.09 Å². The molecule has 0 fully saturated rings. The molecule has 0 aliphatic rings. The van der Waals surface area contributed by atoms with Crippen molar-refractivity contribution in [1.82, 2.24) is 4.90 Å². The third kappa shape index (κ3) is 3.24. The molecule has 0 unspecified atom stereocenters. The highest BCUT2D eigenvalue weighted by atomic mass is 16.6. The van der Waals surface area contributed by atoms with Crippen molar-refractivity contribution in [3.63, 3.8) is 0 Å². The van der Waals surface area contributed by atoms with Crippen molar-refractivity contribution in [3.05, 3.63) is 29.8 Å². The van der Waals surface area contributed by atoms with Gasteiger partial charge in [-0.25, -0.2) is 4.79 Å². The summed E-state index contributed by atoms with van der Waals surface area (Å²) in [6.45, 7) is 4.13. The van der Waals surface area contributed by atoms with E-state index in [1.54, 1.807) is 38.2 Å². The molecule has 4 nitrogen and oxygen atoms in total. The molecule has 4 heteroatoms. The summed E-state index contributed by atoms with van der Waals surface area (Å²) in [5.74, 6) is 0.448. The minimum atomic E-state index is -0.567. The molecule has 16 heavy (non-hydrogen) atoms. The molecule has 0 heterocycles. The molecular formula is C12H17NO3. The number of ether oxygens (including phenoxy) is 1. The van der Waals surface area contributed by atoms with Crippen LogP contribution in [-0.4, -0.2) is 29.7 Å². The van der Waals surface area contributed by atoms with Gasteiger partial charge in [0.2, 0.25) is 0 Å². The lowest BCUT2D eigenvalue weighted by atomic mass is 10.1. The van der Waals surface area contributed by atoms with Crippen LogP contribution in [0.2, 0.25) is 0 Å². The zero-order valence-corrected chi connectivity index (χ0v) is 9.80. The number of aliphatic hydroxyl groups excluding tert-OH is 1. The lowest BCUT2D eigenvalue weighted by Crippen LogP contribution is -2.29. The number of rotatable bonds is 3. The van der Waals surface area contributed by atoms with Crippen LogP contribution in [0.4, 0.5) is 4.79 Å². The standard InChI is InChI=1S/C12H17NO3/c1-4-13(3)12(15)16-11-7-5-6-10(8-11)9(2)14/h5-9,14H,4H2,1-3H3/t9-/m1/s1. The monoisotopic (exact) mass is 223 g/mol. The Morgan fingerprint density at radius 3 is 2.81 bits per heavy atom. The first-order valence-corrected chi connectivity index (χ1v) is 5.25. The molecule has 88 valence electrons. The number of hydrogen-bond donors (Lipinski definition) is 1. The molecule has 0 aliphatic carbocycles. The highest BCUT2D eigenvalue weighted by Gasteiger charge is 2.10. The Kier molecular flexibility index (Phi) is 4.31. The fraction of sp³-hybridized carbons (Fsp3) is 0.417. The Balaban J connectivity index is 2.74. The second-order valence-corrected chi connectivity index (χ2v) is 3.63. The van der Waals surface area contributed by atoms with Crippen LogP contribution in [-0.2, 0) is 0 Å². The van der Waals surface area contributed by atoms with Gasteiger partial charge in [-0.05, 0) is 31.5 Å². The van der Waals surface area contributed by atoms with Gasteiger partial charge in [0.1, 0.15) is 5.75 Å². The van der Waals surface area contributed by atoms with Crippen molar-refractivity contribution in [2.75, 3.05) is 13.6 Å². The Labute approximate surface area is 95.5 Å². The largest absolute Gasteiger partial charge is 0.414 e. The Hall–Kier alpha value is -1.55. The summed E-state index contributed by atoms with van der Waals surface area (Å²) in [5.41, 5.74) is 0.726. The van der Waals surface area contributed by atoms with Gasteiger partial charge in [-0.2, -0.15) is 0 Å². The van der Waals surface area contributed by atoms with Crippen LogP contribution >= 0.6 is 0 Å². The highest BCUT2D eigenvalue weighted by molar-refractivity contribution is 5.70. The molecule has 0 spiro atoms. The molecule has 1 amide bonds. The summed E-state index contributed by atoms with van der Waals surface area (Å²) < 4.78 is 5.13. The van der Waals surface area contributed by atoms with E-state index in [1.807, 2.05) is 6.92 Å². The van der Waals surface area contributed by atoms with E-state index >= 15 is 0 Å². The zero-order chi connectivity index (χ0) is 12.1. The van der Waals surface area contributed by atoms with Gasteiger partial charge in [0.05, 0.1) is 6.10 Å². The second-order valence-electron chi connectivity index (χ2n) is 3.63. The van der Waals surface area contributed by atoms with E-state index in [2.05, 4.69) is 0 Å². The number of nitrogens with zero attached hydrogens (tertiary/aromatic N) is 1. The number of benzene rings is 1. The lowest BCUT2D eigenvalue weighted by Gasteiger charge is -2.14. The van der Waals surface area contributed by atoms with E-state index in [0.29, 0.717) is 12.3 Å². The predicted molar refractivity (Wildman–Crippen MR) is 61.4 cm³/mol. The predicted octanol–water partition coefficient (Wildman–Crippen LogP) is 2.19. The van der Waals surface area contributed by atoms with E-state index in [1.165, 1.54) is 4.90 Å². The Morgan fingerprint density at radius 2 is 2.25 bits per heavy atom. The van der Waals surface area contributed by atoms with Gasteiger partial charge >= 0.3 is 6.09 Å². The van der Waals surface area contributed by atoms with Crippen LogP contribution in [0.25, 0.3) is 0 Å². The van der Waals surface area contributed by atoms with E-state index < -0.39 is 12.2 Å². The van der Waals surface area contributed by atoms with Crippen LogP contribution in [0.5, 0.6) is 5.75 Å². The molecule has 1 rings (SSSR count). The van der Waals surface area contributed by atoms with Crippen LogP contribution in [0.1, 0.15) is 25.5 Å². The van der Waals surface area contributed by atoms with Gasteiger partial charge in [-0.1, -0.05) is 12.1 Å². The van der Waals surface area contributed by atoms with Crippen LogP contribution < -0.4 is 4.74 Å². The van der Waals surface area contributed by atoms with Gasteiger partial charge in [0.15, 0.2) is 0 Å². The van der Waals surface area contributed by atoms with Gasteiger partial charge < -0.3 is 14.7 Å². The molecule has 1 atom stereocenters. The maximum atomic E-state index is 11.5. The molecule has 0 bridgehead atoms. The summed E-state index contributed by atoms with van der Waals surface area (Å²) in [6, 6.07) is 6.88. The number of carbonyl (C=O) groups is 1. The van der Waals surface area contributed by atoms with Crippen molar-refractivity contribution in [2.45, 2.75) is 20.0 Å². The highest BCUT2D eigenvalue weighted by Crippen LogP contribution is 2.19. The third-order valence-corrected chi connectivity index (χ3v) is 2.33. The SMILES string of the molecule is CCN(C)C(=O)Oc1cccc([C@@H](C)O)c1. The first-order valence-electron chi connectivity index (χ1n) is 5.25. The summed E-state index contributed by atoms with van der Waals surface area (Å²) >= 11 is 0. The molecular weight excluding hydrogens is 206 g/mol. The zero-order valence-electron chi connectivity index (χ0n) is 9.80. The normalized spacial score (nSPS) is 12.0. The molecule has 1 N–H and O–H groups in total. The average molecular weight is 223 g/mol. The summed E-state index contributed by atoms with van der Waals surface area (Å²) in [4.78, 5) is 12.9. The minimum absolute atomic E-state index is 0.398. The molecule has 0 aromatic heterocycles. The third-order valence-electron chi connectivity index (χ3n) is 2.33. The number of amides is 1. The van der Waals surface area contributed by atoms with Crippen molar-refractivity contribution in [2.24, 2.45) is 0 Å². The summed E-state index contributed by atoms with van der Waals surface area (Å²) in [6.07, 6.45) is -0.965. The van der Waals surface area contributed by atoms with Crippen molar-refractivity contribution in [3.8, 4) is 5.75 Å². The lowest BCUT2D eigenvalue weighted by molar-refractivity contribution is 0.164. The molecule has 1 aromatic carbocycles. The van der Waals surface area contributed by atoms with Gasteiger partial charge in [-0.15, -0.1) is 0 Å². The maximum absolute atomic E-state index is 11.5. The quantitative estimate of drug-likeness (QED) is 0.854. The smallest absolute Gasteiger partial charge is 0.410 e. The van der Waals surface area contributed by atoms with E-state index in [-0.39, 0.29) is 0 Å². The van der Waals surface area contributed by atoms with Gasteiger partial charge in [0.25, 0.3) is 0 Å². The Morgan fingerprint density at radius 1 is 1.56 bits per heavy atom. The average Bonchev–Trinajstić information content (AvgIpc) is 2.28. The maximum Gasteiger partial charge on any atom is 0.414 e. The van der Waals surface area contributed by atoms with Crippen LogP contribution in [0.15, 0.2) is 24.3 Å². The van der Waals surface area contributed by atoms with Crippen molar-refractivity contribution in [1.29, 1.82) is 0 Å². The minimum Gasteiger partial charge on any atom is -0.410 e. The van der Waals surface area contributed by atoms with Crippen molar-refractivity contribution < 1.29 is 14.6 Å². The van der Waals surface area contributed by atoms with E-state index in [0.717, 1.165) is 5.56 Å². The number of aliphatic hydroxyl groups is 1. The first kappa shape index (κ1) is 12.5. The van der Waals surface area contributed by atoms with Crippen LogP contribution in [0.3, 0.4) is 0 Å². The molecule has 0 saturated carbocycles. The molecule has 1 aromatic rings. The number of hydrogen-bond acceptors (Lipinski definition) is 3. The van der Waals surface area contributed by atoms with E-state index in [4.69, 9.17) is 4.74 Å². The van der Waals surface area contributed by atoms with Crippen LogP contribution in [0, 0.1) is 0 Å². The van der Waals surface area contributed by atoms with E-state index in [9.17, 15) is 9.90 Å². The summed E-state index contributed by atoms with van der Waals surface area (Å²) in [7, 11) is 1.67. The fourth-order valence-electron chi connectivity index (χ4n) is 1.15. The second kappa shape index (κ2) is 5.51. The van der Waals surface area contributed by atoms with Gasteiger partial charge in [-0.3, -0.25) is 0 Å². The Bertz CT molecular complexity index is 363. The number of carbonyl (C=O) groups excluding carboxylic acids is 1. The topological polar surface area (TPSA) is 49.8 Å². The first-order chi connectivity index (χ1) is 7.54. The summed E-state index contributed by atoms with van der Waals surface area (Å²) in [5, 5.41) is 9.39. The fourth-order valence-corrected chi connectivity index (χ4v) is 1.15. The molecule has 0 aliphatic heterocycles. The molecule has 0 radical (unpaired) electrons.